The van der Waals surface area contributed by atoms with Crippen LogP contribution in [0.2, 0.25) is 0 Å². The molecule has 1 N–H and O–H groups in total. The van der Waals surface area contributed by atoms with Gasteiger partial charge in [0.05, 0.1) is 24.7 Å². The third kappa shape index (κ3) is 7.65. The van der Waals surface area contributed by atoms with Crippen LogP contribution in [-0.4, -0.2) is 103 Å². The fraction of sp³-hybridized carbons (Fsp3) is 0.684. The van der Waals surface area contributed by atoms with E-state index in [9.17, 15) is 14.4 Å². The summed E-state index contributed by atoms with van der Waals surface area (Å²) in [6.07, 6.45) is 7.52. The Hall–Kier alpha value is -3.67. The molecule has 12 heteroatoms. The van der Waals surface area contributed by atoms with Gasteiger partial charge >= 0.3 is 12.1 Å². The second-order valence-corrected chi connectivity index (χ2v) is 15.0. The number of hydrogen-bond donors (Lipinski definition) is 1. The van der Waals surface area contributed by atoms with E-state index in [-0.39, 0.29) is 30.9 Å². The monoisotopic (exact) mass is 694 g/mol. The smallest absolute Gasteiger partial charge is 0.408 e. The van der Waals surface area contributed by atoms with Crippen molar-refractivity contribution in [1.82, 2.24) is 20.1 Å². The topological polar surface area (TPSA) is 120 Å². The summed E-state index contributed by atoms with van der Waals surface area (Å²) in [6.45, 7) is 1.16. The quantitative estimate of drug-likeness (QED) is 0.422. The largest absolute Gasteiger partial charge is 0.486 e. The lowest BCUT2D eigenvalue weighted by molar-refractivity contribution is -0.152. The van der Waals surface area contributed by atoms with Crippen molar-refractivity contribution in [1.29, 1.82) is 0 Å². The number of methoxy groups -OCH3 is 1. The Labute approximate surface area is 293 Å². The molecule has 4 heterocycles. The molecule has 2 saturated heterocycles. The number of alkyl carbamates (subject to hydrolysis) is 1. The number of ether oxygens (including phenoxy) is 4. The first-order valence-corrected chi connectivity index (χ1v) is 18.7. The van der Waals surface area contributed by atoms with Gasteiger partial charge in [-0.05, 0) is 76.0 Å². The number of alkyl halides is 1. The fourth-order valence-corrected chi connectivity index (χ4v) is 8.49. The Morgan fingerprint density at radius 1 is 0.960 bits per heavy atom. The lowest BCUT2D eigenvalue weighted by atomic mass is 9.83. The number of halogens is 1. The van der Waals surface area contributed by atoms with Crippen LogP contribution in [0.15, 0.2) is 24.3 Å². The number of aromatic nitrogens is 1. The Balaban J connectivity index is 1.24. The molecular formula is C38H51FN4O7. The van der Waals surface area contributed by atoms with Crippen LogP contribution in [0.25, 0.3) is 10.9 Å². The molecule has 0 radical (unpaired) electrons. The minimum Gasteiger partial charge on any atom is -0.486 e. The van der Waals surface area contributed by atoms with Crippen molar-refractivity contribution in [3.8, 4) is 11.6 Å². The lowest BCUT2D eigenvalue weighted by Gasteiger charge is -2.34. The summed E-state index contributed by atoms with van der Waals surface area (Å²) in [5.74, 6) is 0.374. The number of pyridine rings is 1. The van der Waals surface area contributed by atoms with Gasteiger partial charge in [-0.2, -0.15) is 0 Å². The number of rotatable bonds is 4. The molecule has 3 aliphatic heterocycles. The molecule has 1 aromatic carbocycles. The molecule has 0 unspecified atom stereocenters. The van der Waals surface area contributed by atoms with Crippen molar-refractivity contribution < 1.29 is 37.7 Å². The molecule has 4 fully saturated rings. The Morgan fingerprint density at radius 3 is 2.50 bits per heavy atom. The van der Waals surface area contributed by atoms with Gasteiger partial charge in [-0.3, -0.25) is 4.79 Å². The van der Waals surface area contributed by atoms with Crippen LogP contribution in [0, 0.1) is 11.8 Å². The van der Waals surface area contributed by atoms with Gasteiger partial charge in [0, 0.05) is 24.9 Å². The zero-order valence-corrected chi connectivity index (χ0v) is 29.3. The van der Waals surface area contributed by atoms with E-state index in [2.05, 4.69) is 5.32 Å². The van der Waals surface area contributed by atoms with Crippen LogP contribution < -0.4 is 14.8 Å². The van der Waals surface area contributed by atoms with Crippen LogP contribution in [0.5, 0.6) is 11.6 Å². The van der Waals surface area contributed by atoms with E-state index >= 15 is 4.39 Å². The predicted molar refractivity (Wildman–Crippen MR) is 184 cm³/mol. The van der Waals surface area contributed by atoms with E-state index < -0.39 is 42.5 Å². The lowest BCUT2D eigenvalue weighted by Crippen LogP contribution is -2.55. The van der Waals surface area contributed by atoms with E-state index in [4.69, 9.17) is 23.9 Å². The van der Waals surface area contributed by atoms with E-state index in [1.165, 1.54) is 12.0 Å². The second-order valence-electron chi connectivity index (χ2n) is 15.0. The van der Waals surface area contributed by atoms with Crippen molar-refractivity contribution in [3.05, 3.63) is 29.8 Å². The van der Waals surface area contributed by atoms with Crippen LogP contribution >= 0.6 is 0 Å². The molecule has 0 spiro atoms. The van der Waals surface area contributed by atoms with Crippen molar-refractivity contribution in [3.63, 3.8) is 0 Å². The molecule has 272 valence electrons. The average Bonchev–Trinajstić information content (AvgIpc) is 3.71. The van der Waals surface area contributed by atoms with Gasteiger partial charge < -0.3 is 34.1 Å². The average molecular weight is 695 g/mol. The minimum absolute atomic E-state index is 0.0602. The number of esters is 1. The summed E-state index contributed by atoms with van der Waals surface area (Å²) in [5, 5.41) is 3.75. The Bertz CT molecular complexity index is 1550. The number of hydrogen-bond acceptors (Lipinski definition) is 9. The number of amides is 2. The third-order valence-corrected chi connectivity index (χ3v) is 11.4. The van der Waals surface area contributed by atoms with Crippen molar-refractivity contribution in [2.24, 2.45) is 11.8 Å². The minimum atomic E-state index is -1.14. The number of piperidine rings is 1. The van der Waals surface area contributed by atoms with E-state index in [0.29, 0.717) is 42.5 Å². The molecule has 2 saturated carbocycles. The molecule has 1 aromatic heterocycles. The number of benzene rings is 1. The number of carbonyl (C=O) groups excluding carboxylic acids is 3. The highest BCUT2D eigenvalue weighted by Crippen LogP contribution is 2.41. The molecule has 2 aromatic rings. The van der Waals surface area contributed by atoms with Crippen LogP contribution in [-0.2, 0) is 25.5 Å². The van der Waals surface area contributed by atoms with Crippen LogP contribution in [0.1, 0.15) is 82.6 Å². The molecule has 11 nitrogen and oxygen atoms in total. The molecule has 2 amide bonds. The normalized spacial score (nSPS) is 31.7. The first kappa shape index (κ1) is 34.8. The Morgan fingerprint density at radius 2 is 1.72 bits per heavy atom. The predicted octanol–water partition coefficient (Wildman–Crippen LogP) is 5.36. The molecular weight excluding hydrogens is 643 g/mol. The molecule has 50 heavy (non-hydrogen) atoms. The molecule has 2 bridgehead atoms. The first-order chi connectivity index (χ1) is 24.3. The standard InChI is InChI=1S/C38H51FN4O7/c1-42-18-17-31(28(39)22-42)49-34-26-14-9-10-16-29(26)40-35-27(34)15-8-4-7-13-24-19-32(24)50-38(46)41-33(23-11-5-3-6-12-23)36(44)43-21-25(48-35)20-30(43)37(45)47-2/h9-10,14,16,23-25,28,30-33H,3-8,11-13,15,17-22H2,1-2H3,(H,41,46)/t24-,25-,28+,30+,31-,32-,33+/m1/s1. The molecule has 7 atom stereocenters. The van der Waals surface area contributed by atoms with E-state index in [0.717, 1.165) is 81.7 Å². The SMILES string of the molecule is COC(=O)[C@@H]1C[C@@H]2CN1C(=O)[C@H](C1CCCCC1)NC(=O)O[C@@H]1C[C@H]1CCCCCc1c(nc3ccccc3c1O[C@@H]1CCN(C)C[C@@H]1F)O2. The number of carbonyl (C=O) groups is 3. The van der Waals surface area contributed by atoms with E-state index in [1.807, 2.05) is 36.2 Å². The number of nitrogens with zero attached hydrogens (tertiary/aromatic N) is 3. The van der Waals surface area contributed by atoms with Gasteiger partial charge in [-0.25, -0.2) is 19.0 Å². The number of fused-ring (bicyclic) bond motifs is 5. The maximum atomic E-state index is 15.4. The van der Waals surface area contributed by atoms with Gasteiger partial charge in [0.1, 0.15) is 42.3 Å². The van der Waals surface area contributed by atoms with Gasteiger partial charge in [-0.1, -0.05) is 44.2 Å². The van der Waals surface area contributed by atoms with Crippen molar-refractivity contribution in [2.75, 3.05) is 33.8 Å². The maximum absolute atomic E-state index is 15.4. The first-order valence-electron chi connectivity index (χ1n) is 18.7. The van der Waals surface area contributed by atoms with Gasteiger partial charge in [0.2, 0.25) is 11.8 Å². The summed E-state index contributed by atoms with van der Waals surface area (Å²) >= 11 is 0. The summed E-state index contributed by atoms with van der Waals surface area (Å²) in [6, 6.07) is 5.99. The van der Waals surface area contributed by atoms with Gasteiger partial charge in [0.25, 0.3) is 0 Å². The maximum Gasteiger partial charge on any atom is 0.408 e. The van der Waals surface area contributed by atoms with Crippen LogP contribution in [0.3, 0.4) is 0 Å². The zero-order valence-electron chi connectivity index (χ0n) is 29.3. The summed E-state index contributed by atoms with van der Waals surface area (Å²) in [5.41, 5.74) is 1.46. The van der Waals surface area contributed by atoms with Gasteiger partial charge in [0.15, 0.2) is 0 Å². The number of likely N-dealkylation sites (tertiary alicyclic amines) is 1. The van der Waals surface area contributed by atoms with Gasteiger partial charge in [-0.15, -0.1) is 0 Å². The summed E-state index contributed by atoms with van der Waals surface area (Å²) in [4.78, 5) is 49.3. The van der Waals surface area contributed by atoms with Crippen molar-refractivity contribution >= 4 is 28.9 Å². The highest BCUT2D eigenvalue weighted by Gasteiger charge is 2.47. The van der Waals surface area contributed by atoms with E-state index in [1.54, 1.807) is 0 Å². The van der Waals surface area contributed by atoms with Crippen LogP contribution in [0.4, 0.5) is 9.18 Å². The number of nitrogens with one attached hydrogen (secondary N) is 1. The molecule has 7 rings (SSSR count). The summed E-state index contributed by atoms with van der Waals surface area (Å²) < 4.78 is 39.7. The summed E-state index contributed by atoms with van der Waals surface area (Å²) in [7, 11) is 3.23. The van der Waals surface area contributed by atoms with Crippen molar-refractivity contribution in [2.45, 2.75) is 120 Å². The fourth-order valence-electron chi connectivity index (χ4n) is 8.49. The molecule has 5 aliphatic rings. The zero-order chi connectivity index (χ0) is 34.8. The Kier molecular flexibility index (Phi) is 10.6. The molecule has 2 aliphatic carbocycles. The highest BCUT2D eigenvalue weighted by molar-refractivity contribution is 5.91. The highest BCUT2D eigenvalue weighted by atomic mass is 19.1. The second kappa shape index (κ2) is 15.3. The third-order valence-electron chi connectivity index (χ3n) is 11.4. The number of para-hydroxylation sites is 1.